The van der Waals surface area contributed by atoms with Gasteiger partial charge in [-0.05, 0) is 42.2 Å². The highest BCUT2D eigenvalue weighted by atomic mass is 28.4. The molecular weight excluding hydrogens is 448 g/mol. The predicted octanol–water partition coefficient (Wildman–Crippen LogP) is 5.68. The van der Waals surface area contributed by atoms with Gasteiger partial charge < -0.3 is 23.4 Å². The largest absolute Gasteiger partial charge is 0.497 e. The van der Waals surface area contributed by atoms with Crippen molar-refractivity contribution in [1.29, 1.82) is 0 Å². The molecule has 6 nitrogen and oxygen atoms in total. The van der Waals surface area contributed by atoms with Crippen LogP contribution in [-0.2, 0) is 30.0 Å². The molecule has 0 saturated carbocycles. The molecule has 1 heterocycles. The Hall–Kier alpha value is -2.03. The molecule has 0 aliphatic carbocycles. The predicted molar refractivity (Wildman–Crippen MR) is 134 cm³/mol. The van der Waals surface area contributed by atoms with Gasteiger partial charge in [-0.1, -0.05) is 63.2 Å². The summed E-state index contributed by atoms with van der Waals surface area (Å²) in [6.45, 7) is 12.0. The Bertz CT molecular complexity index is 909. The zero-order valence-electron chi connectivity index (χ0n) is 21.2. The number of aldehydes is 1. The number of benzene rings is 2. The molecule has 0 spiro atoms. The Labute approximate surface area is 204 Å². The molecule has 0 bridgehead atoms. The summed E-state index contributed by atoms with van der Waals surface area (Å²) in [6, 6.07) is 17.3. The van der Waals surface area contributed by atoms with Gasteiger partial charge in [0.15, 0.2) is 26.5 Å². The van der Waals surface area contributed by atoms with Crippen molar-refractivity contribution < 1.29 is 28.2 Å². The van der Waals surface area contributed by atoms with Crippen molar-refractivity contribution in [2.24, 2.45) is 0 Å². The zero-order chi connectivity index (χ0) is 24.8. The minimum atomic E-state index is -1.94. The van der Waals surface area contributed by atoms with Crippen LogP contribution in [0, 0.1) is 0 Å². The Balaban J connectivity index is 1.77. The lowest BCUT2D eigenvalue weighted by Gasteiger charge is -2.43. The van der Waals surface area contributed by atoms with E-state index < -0.39 is 26.3 Å². The standard InChI is InChI=1S/C27H38O6Si/c1-26(2,3)34(5,6)32-17-16-24-27(19-28,31-18-21-10-8-7-9-11-21)20-30-25(33-24)22-12-14-23(29-4)15-13-22/h7-15,19,24-25H,16-18,20H2,1-6H3/t24-,25+,27+/m1/s1. The van der Waals surface area contributed by atoms with Crippen LogP contribution in [0.1, 0.15) is 44.6 Å². The molecule has 2 aromatic rings. The van der Waals surface area contributed by atoms with Gasteiger partial charge in [-0.25, -0.2) is 0 Å². The number of hydrogen-bond donors (Lipinski definition) is 0. The number of methoxy groups -OCH3 is 1. The molecule has 0 N–H and O–H groups in total. The molecule has 1 aliphatic heterocycles. The SMILES string of the molecule is COc1ccc([C@H]2OC[C@](C=O)(OCc3ccccc3)[C@@H](CCO[Si](C)(C)C(C)(C)C)O2)cc1. The summed E-state index contributed by atoms with van der Waals surface area (Å²) in [6.07, 6.45) is 0.240. The molecule has 3 atom stereocenters. The zero-order valence-corrected chi connectivity index (χ0v) is 22.2. The van der Waals surface area contributed by atoms with Crippen LogP contribution >= 0.6 is 0 Å². The first-order chi connectivity index (χ1) is 16.1. The summed E-state index contributed by atoms with van der Waals surface area (Å²) in [5.41, 5.74) is 0.631. The third-order valence-corrected chi connectivity index (χ3v) is 11.4. The maximum Gasteiger partial charge on any atom is 0.191 e. The van der Waals surface area contributed by atoms with Crippen molar-refractivity contribution in [3.63, 3.8) is 0 Å². The lowest BCUT2D eigenvalue weighted by Crippen LogP contribution is -2.56. The first kappa shape index (κ1) is 26.6. The molecule has 3 rings (SSSR count). The van der Waals surface area contributed by atoms with Crippen LogP contribution in [0.4, 0.5) is 0 Å². The average molecular weight is 487 g/mol. The van der Waals surface area contributed by atoms with Gasteiger partial charge in [0, 0.05) is 12.2 Å². The number of carbonyl (C=O) groups is 1. The van der Waals surface area contributed by atoms with Gasteiger partial charge in [0.25, 0.3) is 0 Å². The Morgan fingerprint density at radius 3 is 2.35 bits per heavy atom. The van der Waals surface area contributed by atoms with Crippen LogP contribution in [0.2, 0.25) is 18.1 Å². The smallest absolute Gasteiger partial charge is 0.191 e. The highest BCUT2D eigenvalue weighted by Gasteiger charge is 2.47. The van der Waals surface area contributed by atoms with Gasteiger partial charge in [0.1, 0.15) is 11.9 Å². The van der Waals surface area contributed by atoms with Gasteiger partial charge in [-0.15, -0.1) is 0 Å². The van der Waals surface area contributed by atoms with Crippen molar-refractivity contribution in [3.8, 4) is 5.75 Å². The molecule has 2 aromatic carbocycles. The first-order valence-electron chi connectivity index (χ1n) is 11.8. The lowest BCUT2D eigenvalue weighted by molar-refractivity contribution is -0.295. The highest BCUT2D eigenvalue weighted by Crippen LogP contribution is 2.38. The summed E-state index contributed by atoms with van der Waals surface area (Å²) >= 11 is 0. The first-order valence-corrected chi connectivity index (χ1v) is 14.7. The third kappa shape index (κ3) is 6.34. The lowest BCUT2D eigenvalue weighted by atomic mass is 9.94. The Morgan fingerprint density at radius 2 is 1.76 bits per heavy atom. The van der Waals surface area contributed by atoms with E-state index in [2.05, 4.69) is 33.9 Å². The van der Waals surface area contributed by atoms with E-state index in [0.717, 1.165) is 23.2 Å². The summed E-state index contributed by atoms with van der Waals surface area (Å²) in [4.78, 5) is 12.4. The average Bonchev–Trinajstić information content (AvgIpc) is 2.83. The molecule has 7 heteroatoms. The van der Waals surface area contributed by atoms with E-state index in [9.17, 15) is 4.79 Å². The van der Waals surface area contributed by atoms with Gasteiger partial charge in [-0.2, -0.15) is 0 Å². The summed E-state index contributed by atoms with van der Waals surface area (Å²) in [5, 5.41) is 0.0979. The molecule has 0 amide bonds. The van der Waals surface area contributed by atoms with Crippen LogP contribution < -0.4 is 4.74 Å². The molecule has 0 aromatic heterocycles. The van der Waals surface area contributed by atoms with Crippen molar-refractivity contribution in [1.82, 2.24) is 0 Å². The van der Waals surface area contributed by atoms with Gasteiger partial charge in [0.2, 0.25) is 0 Å². The fourth-order valence-electron chi connectivity index (χ4n) is 3.56. The fraction of sp³-hybridized carbons (Fsp3) is 0.519. The summed E-state index contributed by atoms with van der Waals surface area (Å²) in [5.74, 6) is 0.757. The number of rotatable bonds is 10. The van der Waals surface area contributed by atoms with Gasteiger partial charge in [-0.3, -0.25) is 4.79 Å². The van der Waals surface area contributed by atoms with E-state index in [-0.39, 0.29) is 11.6 Å². The second-order valence-corrected chi connectivity index (χ2v) is 15.1. The van der Waals surface area contributed by atoms with E-state index in [1.165, 1.54) is 0 Å². The van der Waals surface area contributed by atoms with Crippen LogP contribution in [0.3, 0.4) is 0 Å². The number of carbonyl (C=O) groups excluding carboxylic acids is 1. The fourth-order valence-corrected chi connectivity index (χ4v) is 4.62. The van der Waals surface area contributed by atoms with Crippen molar-refractivity contribution >= 4 is 14.6 Å². The van der Waals surface area contributed by atoms with Crippen molar-refractivity contribution in [2.75, 3.05) is 20.3 Å². The molecular formula is C27H38O6Si. The molecule has 0 radical (unpaired) electrons. The maximum absolute atomic E-state index is 12.4. The topological polar surface area (TPSA) is 63.2 Å². The van der Waals surface area contributed by atoms with Crippen LogP contribution in [0.5, 0.6) is 5.75 Å². The quantitative estimate of drug-likeness (QED) is 0.318. The third-order valence-electron chi connectivity index (χ3n) is 6.88. The van der Waals surface area contributed by atoms with Crippen molar-refractivity contribution in [2.45, 2.75) is 69.9 Å². The van der Waals surface area contributed by atoms with E-state index in [0.29, 0.717) is 19.6 Å². The molecule has 0 unspecified atom stereocenters. The maximum atomic E-state index is 12.4. The van der Waals surface area contributed by atoms with E-state index >= 15 is 0 Å². The van der Waals surface area contributed by atoms with E-state index in [1.807, 2.05) is 54.6 Å². The second-order valence-electron chi connectivity index (χ2n) is 10.3. The monoisotopic (exact) mass is 486 g/mol. The van der Waals surface area contributed by atoms with E-state index in [4.69, 9.17) is 23.4 Å². The van der Waals surface area contributed by atoms with E-state index in [1.54, 1.807) is 7.11 Å². The highest BCUT2D eigenvalue weighted by molar-refractivity contribution is 6.74. The summed E-state index contributed by atoms with van der Waals surface area (Å²) < 4.78 is 30.2. The Morgan fingerprint density at radius 1 is 1.09 bits per heavy atom. The van der Waals surface area contributed by atoms with Crippen LogP contribution in [-0.4, -0.2) is 46.6 Å². The molecule has 1 saturated heterocycles. The van der Waals surface area contributed by atoms with Gasteiger partial charge in [0.05, 0.1) is 20.3 Å². The van der Waals surface area contributed by atoms with Crippen LogP contribution in [0.15, 0.2) is 54.6 Å². The number of hydrogen-bond acceptors (Lipinski definition) is 6. The minimum Gasteiger partial charge on any atom is -0.497 e. The molecule has 34 heavy (non-hydrogen) atoms. The molecule has 1 fully saturated rings. The summed E-state index contributed by atoms with van der Waals surface area (Å²) in [7, 11) is -0.310. The second kappa shape index (κ2) is 11.1. The normalized spacial score (nSPS) is 23.5. The molecule has 186 valence electrons. The van der Waals surface area contributed by atoms with Crippen LogP contribution in [0.25, 0.3) is 0 Å². The number of ether oxygens (including phenoxy) is 4. The minimum absolute atomic E-state index is 0.0979. The van der Waals surface area contributed by atoms with Gasteiger partial charge >= 0.3 is 0 Å². The van der Waals surface area contributed by atoms with Crippen molar-refractivity contribution in [3.05, 3.63) is 65.7 Å². The Kier molecular flexibility index (Phi) is 8.70. The molecule has 1 aliphatic rings.